The molecule has 0 radical (unpaired) electrons. The lowest BCUT2D eigenvalue weighted by Crippen LogP contribution is -2.25. The lowest BCUT2D eigenvalue weighted by Gasteiger charge is -2.18. The number of ether oxygens (including phenoxy) is 1. The Morgan fingerprint density at radius 1 is 1.43 bits per heavy atom. The Kier molecular flexibility index (Phi) is 4.71. The number of hydrogen-bond acceptors (Lipinski definition) is 6. The SMILES string of the molecule is CC(C)n1cnnc1CNC(=O)c1coc(C2CCOCC2)n1. The number of aromatic nitrogens is 4. The van der Waals surface area contributed by atoms with Crippen LogP contribution in [0.5, 0.6) is 0 Å². The first-order valence-corrected chi connectivity index (χ1v) is 7.85. The van der Waals surface area contributed by atoms with Gasteiger partial charge in [-0.25, -0.2) is 4.98 Å². The molecule has 0 atom stereocenters. The van der Waals surface area contributed by atoms with Crippen LogP contribution in [0.3, 0.4) is 0 Å². The van der Waals surface area contributed by atoms with Crippen LogP contribution in [0.2, 0.25) is 0 Å². The Bertz CT molecular complexity index is 658. The van der Waals surface area contributed by atoms with Gasteiger partial charge >= 0.3 is 0 Å². The van der Waals surface area contributed by atoms with Crippen molar-refractivity contribution in [2.24, 2.45) is 0 Å². The molecule has 8 heteroatoms. The van der Waals surface area contributed by atoms with E-state index in [4.69, 9.17) is 9.15 Å². The van der Waals surface area contributed by atoms with E-state index in [2.05, 4.69) is 20.5 Å². The average molecular weight is 319 g/mol. The molecule has 0 spiro atoms. The summed E-state index contributed by atoms with van der Waals surface area (Å²) in [7, 11) is 0. The number of rotatable bonds is 5. The predicted molar refractivity (Wildman–Crippen MR) is 80.9 cm³/mol. The molecule has 2 aromatic rings. The van der Waals surface area contributed by atoms with Crippen molar-refractivity contribution in [2.75, 3.05) is 13.2 Å². The third-order valence-corrected chi connectivity index (χ3v) is 3.94. The fourth-order valence-electron chi connectivity index (χ4n) is 2.60. The zero-order valence-electron chi connectivity index (χ0n) is 13.4. The predicted octanol–water partition coefficient (Wildman–Crippen LogP) is 1.67. The Labute approximate surface area is 134 Å². The van der Waals surface area contributed by atoms with Crippen LogP contribution in [0, 0.1) is 0 Å². The molecule has 3 heterocycles. The van der Waals surface area contributed by atoms with Gasteiger partial charge in [-0.05, 0) is 26.7 Å². The normalized spacial score (nSPS) is 16.0. The van der Waals surface area contributed by atoms with Crippen LogP contribution in [-0.4, -0.2) is 38.9 Å². The summed E-state index contributed by atoms with van der Waals surface area (Å²) < 4.78 is 12.7. The summed E-state index contributed by atoms with van der Waals surface area (Å²) >= 11 is 0. The van der Waals surface area contributed by atoms with E-state index in [9.17, 15) is 4.79 Å². The van der Waals surface area contributed by atoms with Gasteiger partial charge in [0, 0.05) is 25.2 Å². The molecule has 0 aromatic carbocycles. The summed E-state index contributed by atoms with van der Waals surface area (Å²) in [6, 6.07) is 0.240. The van der Waals surface area contributed by atoms with Crippen molar-refractivity contribution in [1.82, 2.24) is 25.1 Å². The van der Waals surface area contributed by atoms with Gasteiger partial charge < -0.3 is 19.0 Å². The van der Waals surface area contributed by atoms with Gasteiger partial charge in [-0.15, -0.1) is 10.2 Å². The van der Waals surface area contributed by atoms with Crippen molar-refractivity contribution >= 4 is 5.91 Å². The molecule has 2 aromatic heterocycles. The van der Waals surface area contributed by atoms with E-state index in [0.29, 0.717) is 37.2 Å². The zero-order valence-corrected chi connectivity index (χ0v) is 13.4. The maximum absolute atomic E-state index is 12.2. The highest BCUT2D eigenvalue weighted by Gasteiger charge is 2.22. The van der Waals surface area contributed by atoms with E-state index in [0.717, 1.165) is 12.8 Å². The summed E-state index contributed by atoms with van der Waals surface area (Å²) in [6.45, 7) is 5.79. The largest absolute Gasteiger partial charge is 0.448 e. The molecule has 0 bridgehead atoms. The van der Waals surface area contributed by atoms with Crippen LogP contribution >= 0.6 is 0 Å². The number of hydrogen-bond donors (Lipinski definition) is 1. The molecule has 8 nitrogen and oxygen atoms in total. The molecular formula is C15H21N5O3. The summed E-state index contributed by atoms with van der Waals surface area (Å²) in [5.41, 5.74) is 0.294. The van der Waals surface area contributed by atoms with Gasteiger partial charge in [0.15, 0.2) is 17.4 Å². The molecule has 3 rings (SSSR count). The molecule has 124 valence electrons. The van der Waals surface area contributed by atoms with E-state index in [1.807, 2.05) is 18.4 Å². The topological polar surface area (TPSA) is 95.1 Å². The highest BCUT2D eigenvalue weighted by atomic mass is 16.5. The van der Waals surface area contributed by atoms with Crippen molar-refractivity contribution in [3.05, 3.63) is 30.0 Å². The van der Waals surface area contributed by atoms with Crippen LogP contribution in [0.25, 0.3) is 0 Å². The van der Waals surface area contributed by atoms with E-state index >= 15 is 0 Å². The zero-order chi connectivity index (χ0) is 16.2. The minimum absolute atomic E-state index is 0.231. The van der Waals surface area contributed by atoms with Crippen LogP contribution in [0.4, 0.5) is 0 Å². The first kappa shape index (κ1) is 15.7. The molecule has 1 fully saturated rings. The number of nitrogens with one attached hydrogen (secondary N) is 1. The van der Waals surface area contributed by atoms with E-state index < -0.39 is 0 Å². The highest BCUT2D eigenvalue weighted by Crippen LogP contribution is 2.26. The minimum Gasteiger partial charge on any atom is -0.448 e. The summed E-state index contributed by atoms with van der Waals surface area (Å²) in [5.74, 6) is 1.28. The third kappa shape index (κ3) is 3.58. The van der Waals surface area contributed by atoms with Gasteiger partial charge in [-0.3, -0.25) is 4.79 Å². The Morgan fingerprint density at radius 3 is 2.96 bits per heavy atom. The monoisotopic (exact) mass is 319 g/mol. The first-order chi connectivity index (χ1) is 11.1. The molecule has 0 saturated carbocycles. The molecule has 1 N–H and O–H groups in total. The van der Waals surface area contributed by atoms with Crippen LogP contribution in [0.1, 0.15) is 60.9 Å². The Balaban J connectivity index is 1.60. The van der Waals surface area contributed by atoms with E-state index in [-0.39, 0.29) is 17.9 Å². The lowest BCUT2D eigenvalue weighted by molar-refractivity contribution is 0.0794. The van der Waals surface area contributed by atoms with Crippen molar-refractivity contribution in [3.63, 3.8) is 0 Å². The molecule has 1 aliphatic rings. The van der Waals surface area contributed by atoms with Crippen molar-refractivity contribution in [3.8, 4) is 0 Å². The number of nitrogens with zero attached hydrogens (tertiary/aromatic N) is 4. The summed E-state index contributed by atoms with van der Waals surface area (Å²) in [6.07, 6.45) is 4.82. The Hall–Kier alpha value is -2.22. The lowest BCUT2D eigenvalue weighted by atomic mass is 10.0. The smallest absolute Gasteiger partial charge is 0.273 e. The number of amides is 1. The van der Waals surface area contributed by atoms with Gasteiger partial charge in [0.2, 0.25) is 0 Å². The maximum atomic E-state index is 12.2. The minimum atomic E-state index is -0.273. The van der Waals surface area contributed by atoms with Gasteiger partial charge in [0.25, 0.3) is 5.91 Å². The molecule has 1 amide bonds. The molecule has 23 heavy (non-hydrogen) atoms. The molecule has 1 aliphatic heterocycles. The third-order valence-electron chi connectivity index (χ3n) is 3.94. The van der Waals surface area contributed by atoms with Gasteiger partial charge in [-0.2, -0.15) is 0 Å². The van der Waals surface area contributed by atoms with Gasteiger partial charge in [-0.1, -0.05) is 0 Å². The first-order valence-electron chi connectivity index (χ1n) is 7.85. The van der Waals surface area contributed by atoms with Crippen LogP contribution < -0.4 is 5.32 Å². The number of oxazole rings is 1. The molecule has 1 saturated heterocycles. The van der Waals surface area contributed by atoms with Crippen molar-refractivity contribution < 1.29 is 13.9 Å². The average Bonchev–Trinajstić information content (AvgIpc) is 3.22. The van der Waals surface area contributed by atoms with Crippen LogP contribution in [0.15, 0.2) is 17.0 Å². The van der Waals surface area contributed by atoms with Crippen molar-refractivity contribution in [2.45, 2.75) is 45.2 Å². The maximum Gasteiger partial charge on any atom is 0.273 e. The standard InChI is InChI=1S/C15H21N5O3/c1-10(2)20-9-17-19-13(20)7-16-14(21)12-8-23-15(18-12)11-3-5-22-6-4-11/h8-11H,3-7H2,1-2H3,(H,16,21). The second kappa shape index (κ2) is 6.91. The number of carbonyl (C=O) groups is 1. The van der Waals surface area contributed by atoms with Crippen LogP contribution in [-0.2, 0) is 11.3 Å². The molecule has 0 aliphatic carbocycles. The second-order valence-electron chi connectivity index (χ2n) is 5.89. The van der Waals surface area contributed by atoms with Crippen molar-refractivity contribution in [1.29, 1.82) is 0 Å². The summed E-state index contributed by atoms with van der Waals surface area (Å²) in [5, 5.41) is 10.7. The fraction of sp³-hybridized carbons (Fsp3) is 0.600. The summed E-state index contributed by atoms with van der Waals surface area (Å²) in [4.78, 5) is 16.5. The van der Waals surface area contributed by atoms with E-state index in [1.165, 1.54) is 6.26 Å². The molecule has 0 unspecified atom stereocenters. The molecular weight excluding hydrogens is 298 g/mol. The second-order valence-corrected chi connectivity index (χ2v) is 5.89. The number of carbonyl (C=O) groups excluding carboxylic acids is 1. The van der Waals surface area contributed by atoms with Gasteiger partial charge in [0.1, 0.15) is 12.6 Å². The Morgan fingerprint density at radius 2 is 2.22 bits per heavy atom. The fourth-order valence-corrected chi connectivity index (χ4v) is 2.60. The quantitative estimate of drug-likeness (QED) is 0.900. The van der Waals surface area contributed by atoms with Gasteiger partial charge in [0.05, 0.1) is 6.54 Å². The van der Waals surface area contributed by atoms with E-state index in [1.54, 1.807) is 6.33 Å². The highest BCUT2D eigenvalue weighted by molar-refractivity contribution is 5.91.